The van der Waals surface area contributed by atoms with Crippen molar-refractivity contribution < 1.29 is 19.1 Å². The highest BCUT2D eigenvalue weighted by Crippen LogP contribution is 2.23. The van der Waals surface area contributed by atoms with Crippen molar-refractivity contribution in [2.45, 2.75) is 6.54 Å². The first kappa shape index (κ1) is 25.7. The first-order valence-electron chi connectivity index (χ1n) is 11.7. The van der Waals surface area contributed by atoms with E-state index in [1.165, 1.54) is 6.20 Å². The van der Waals surface area contributed by atoms with Crippen molar-refractivity contribution in [3.05, 3.63) is 58.9 Å². The topological polar surface area (TPSA) is 141 Å². The number of fused-ring (bicyclic) bond motifs is 1. The smallest absolute Gasteiger partial charge is 0.259 e. The average molecular weight is 502 g/mol. The number of anilines is 2. The van der Waals surface area contributed by atoms with Crippen LogP contribution in [0.25, 0.3) is 10.9 Å². The molecule has 1 aliphatic heterocycles. The molecule has 0 spiro atoms. The normalized spacial score (nSPS) is 13.9. The van der Waals surface area contributed by atoms with Crippen molar-refractivity contribution in [2.75, 3.05) is 57.6 Å². The number of ether oxygens (including phenoxy) is 1. The number of likely N-dealkylation sites (N-methyl/N-ethyl adjacent to an activating group) is 1. The molecule has 190 valence electrons. The van der Waals surface area contributed by atoms with Crippen LogP contribution in [0.4, 0.5) is 11.5 Å². The second kappa shape index (κ2) is 11.6. The maximum atomic E-state index is 13.2. The number of rotatable bonds is 9. The number of hydrogen-bond donors (Lipinski definition) is 2. The maximum absolute atomic E-state index is 13.2. The fourth-order valence-corrected chi connectivity index (χ4v) is 4.10. The summed E-state index contributed by atoms with van der Waals surface area (Å²) in [5, 5.41) is 15.8. The number of nitrogens with one attached hydrogen (secondary N) is 2. The van der Waals surface area contributed by atoms with Crippen LogP contribution in [0.5, 0.6) is 0 Å². The lowest BCUT2D eigenvalue weighted by Crippen LogP contribution is -2.48. The first-order valence-corrected chi connectivity index (χ1v) is 11.7. The van der Waals surface area contributed by atoms with E-state index < -0.39 is 5.91 Å². The van der Waals surface area contributed by atoms with Gasteiger partial charge in [0.2, 0.25) is 5.91 Å². The van der Waals surface area contributed by atoms with Crippen LogP contribution in [0.1, 0.15) is 32.0 Å². The van der Waals surface area contributed by atoms with Gasteiger partial charge in [0.1, 0.15) is 17.6 Å². The number of pyridine rings is 2. The average Bonchev–Trinajstić information content (AvgIpc) is 2.89. The lowest BCUT2D eigenvalue weighted by Gasteiger charge is -2.32. The molecule has 0 aliphatic carbocycles. The number of hydrogen-bond acceptors (Lipinski definition) is 9. The van der Waals surface area contributed by atoms with Crippen LogP contribution in [0.15, 0.2) is 36.5 Å². The first-order chi connectivity index (χ1) is 17.9. The number of carbonyl (C=O) groups is 3. The zero-order valence-electron chi connectivity index (χ0n) is 20.7. The lowest BCUT2D eigenvalue weighted by atomic mass is 10.0. The third-order valence-electron chi connectivity index (χ3n) is 6.07. The van der Waals surface area contributed by atoms with Gasteiger partial charge in [-0.3, -0.25) is 19.3 Å². The van der Waals surface area contributed by atoms with Crippen molar-refractivity contribution in [1.29, 1.82) is 5.26 Å². The van der Waals surface area contributed by atoms with Crippen molar-refractivity contribution in [3.8, 4) is 6.07 Å². The van der Waals surface area contributed by atoms with Crippen molar-refractivity contribution in [3.63, 3.8) is 0 Å². The van der Waals surface area contributed by atoms with Gasteiger partial charge in [-0.1, -0.05) is 12.1 Å². The van der Waals surface area contributed by atoms with Gasteiger partial charge in [0, 0.05) is 56.5 Å². The van der Waals surface area contributed by atoms with E-state index in [0.717, 1.165) is 6.54 Å². The molecule has 0 radical (unpaired) electrons. The highest BCUT2D eigenvalue weighted by Gasteiger charge is 2.23. The van der Waals surface area contributed by atoms with E-state index in [0.29, 0.717) is 60.2 Å². The van der Waals surface area contributed by atoms with Gasteiger partial charge in [-0.05, 0) is 19.2 Å². The molecule has 2 N–H and O–H groups in total. The van der Waals surface area contributed by atoms with Crippen LogP contribution in [-0.2, 0) is 16.1 Å². The van der Waals surface area contributed by atoms with E-state index in [4.69, 9.17) is 4.74 Å². The molecular formula is C26H27N7O4. The number of aldehydes is 1. The fourth-order valence-electron chi connectivity index (χ4n) is 4.10. The molecule has 0 unspecified atom stereocenters. The summed E-state index contributed by atoms with van der Waals surface area (Å²) in [4.78, 5) is 49.8. The molecule has 3 heterocycles. The molecule has 0 bridgehead atoms. The molecule has 11 nitrogen and oxygen atoms in total. The zero-order valence-corrected chi connectivity index (χ0v) is 20.7. The van der Waals surface area contributed by atoms with Gasteiger partial charge < -0.3 is 20.3 Å². The summed E-state index contributed by atoms with van der Waals surface area (Å²) in [5.74, 6) is -0.219. The molecule has 1 fully saturated rings. The van der Waals surface area contributed by atoms with Gasteiger partial charge in [0.15, 0.2) is 6.29 Å². The standard InChI is InChI=1S/C26H27N7O4/c1-32-7-8-33(24(35)15-32)14-18-10-17-4-3-5-20(25(17)30-22(18)16-34)26(36)31-23-11-21(28-6-9-37-2)19(12-27)13-29-23/h3-5,10-11,13,16H,6-9,14-15H2,1-2H3,(H2,28,29,31,36). The van der Waals surface area contributed by atoms with E-state index >= 15 is 0 Å². The summed E-state index contributed by atoms with van der Waals surface area (Å²) in [6.45, 7) is 2.84. The quantitative estimate of drug-likeness (QED) is 0.332. The maximum Gasteiger partial charge on any atom is 0.259 e. The number of nitriles is 1. The molecule has 11 heteroatoms. The summed E-state index contributed by atoms with van der Waals surface area (Å²) in [6.07, 6.45) is 2.02. The van der Waals surface area contributed by atoms with Crippen molar-refractivity contribution in [2.24, 2.45) is 0 Å². The number of piperazine rings is 1. The molecule has 4 rings (SSSR count). The Hall–Kier alpha value is -4.40. The number of carbonyl (C=O) groups excluding carboxylic acids is 3. The highest BCUT2D eigenvalue weighted by atomic mass is 16.5. The summed E-state index contributed by atoms with van der Waals surface area (Å²) in [5.41, 5.74) is 2.29. The van der Waals surface area contributed by atoms with Gasteiger partial charge in [0.05, 0.1) is 35.5 Å². The molecule has 3 aromatic rings. The van der Waals surface area contributed by atoms with E-state index in [9.17, 15) is 19.6 Å². The molecule has 1 aliphatic rings. The van der Waals surface area contributed by atoms with Crippen LogP contribution < -0.4 is 10.6 Å². The third kappa shape index (κ3) is 5.88. The Kier molecular flexibility index (Phi) is 8.02. The fraction of sp³-hybridized carbons (Fsp3) is 0.308. The Morgan fingerprint density at radius 1 is 1.30 bits per heavy atom. The molecule has 2 amide bonds. The Balaban J connectivity index is 1.60. The molecule has 0 saturated carbocycles. The summed E-state index contributed by atoms with van der Waals surface area (Å²) in [7, 11) is 3.47. The van der Waals surface area contributed by atoms with E-state index in [-0.39, 0.29) is 29.5 Å². The van der Waals surface area contributed by atoms with Crippen LogP contribution in [0.2, 0.25) is 0 Å². The molecular weight excluding hydrogens is 474 g/mol. The van der Waals surface area contributed by atoms with Gasteiger partial charge >= 0.3 is 0 Å². The van der Waals surface area contributed by atoms with Gasteiger partial charge in [-0.15, -0.1) is 0 Å². The van der Waals surface area contributed by atoms with Gasteiger partial charge in [0.25, 0.3) is 5.91 Å². The summed E-state index contributed by atoms with van der Waals surface area (Å²) < 4.78 is 5.03. The SMILES string of the molecule is COCCNc1cc(NC(=O)c2cccc3cc(CN4CCN(C)CC4=O)c(C=O)nc23)ncc1C#N. The van der Waals surface area contributed by atoms with Gasteiger partial charge in [-0.2, -0.15) is 5.26 Å². The van der Waals surface area contributed by atoms with Crippen molar-refractivity contribution in [1.82, 2.24) is 19.8 Å². The molecule has 1 aromatic carbocycles. The predicted octanol–water partition coefficient (Wildman–Crippen LogP) is 1.90. The highest BCUT2D eigenvalue weighted by molar-refractivity contribution is 6.12. The summed E-state index contributed by atoms with van der Waals surface area (Å²) in [6, 6.07) is 10.6. The molecule has 0 atom stereocenters. The van der Waals surface area contributed by atoms with Crippen LogP contribution in [0.3, 0.4) is 0 Å². The van der Waals surface area contributed by atoms with E-state index in [2.05, 4.69) is 26.7 Å². The Morgan fingerprint density at radius 3 is 2.86 bits per heavy atom. The number of nitrogens with zero attached hydrogens (tertiary/aromatic N) is 5. The number of benzene rings is 1. The lowest BCUT2D eigenvalue weighted by molar-refractivity contribution is -0.136. The Bertz CT molecular complexity index is 1390. The molecule has 1 saturated heterocycles. The van der Waals surface area contributed by atoms with Gasteiger partial charge in [-0.25, -0.2) is 9.97 Å². The van der Waals surface area contributed by atoms with Crippen LogP contribution in [-0.4, -0.2) is 84.8 Å². The summed E-state index contributed by atoms with van der Waals surface area (Å²) >= 11 is 0. The molecule has 37 heavy (non-hydrogen) atoms. The number of para-hydroxylation sites is 1. The largest absolute Gasteiger partial charge is 0.383 e. The minimum absolute atomic E-state index is 0.00943. The molecule has 2 aromatic heterocycles. The number of aromatic nitrogens is 2. The van der Waals surface area contributed by atoms with Crippen LogP contribution in [0, 0.1) is 11.3 Å². The second-order valence-electron chi connectivity index (χ2n) is 8.68. The Labute approximate surface area is 214 Å². The second-order valence-corrected chi connectivity index (χ2v) is 8.68. The monoisotopic (exact) mass is 501 g/mol. The number of amides is 2. The third-order valence-corrected chi connectivity index (χ3v) is 6.07. The minimum atomic E-state index is -0.461. The van der Waals surface area contributed by atoms with Crippen LogP contribution >= 0.6 is 0 Å². The Morgan fingerprint density at radius 2 is 2.14 bits per heavy atom. The predicted molar refractivity (Wildman–Crippen MR) is 137 cm³/mol. The number of methoxy groups -OCH3 is 1. The zero-order chi connectivity index (χ0) is 26.4. The van der Waals surface area contributed by atoms with E-state index in [1.807, 2.05) is 11.9 Å². The minimum Gasteiger partial charge on any atom is -0.383 e. The van der Waals surface area contributed by atoms with Crippen molar-refractivity contribution >= 4 is 40.5 Å². The van der Waals surface area contributed by atoms with E-state index in [1.54, 1.807) is 42.3 Å².